The highest BCUT2D eigenvalue weighted by Crippen LogP contribution is 2.32. The molecule has 0 aliphatic heterocycles. The molecule has 0 spiro atoms. The van der Waals surface area contributed by atoms with Crippen LogP contribution in [0, 0.1) is 6.92 Å². The highest BCUT2D eigenvalue weighted by molar-refractivity contribution is 7.98. The van der Waals surface area contributed by atoms with Gasteiger partial charge in [0.25, 0.3) is 5.22 Å². The van der Waals surface area contributed by atoms with Gasteiger partial charge in [0.15, 0.2) is 0 Å². The molecule has 0 saturated heterocycles. The lowest BCUT2D eigenvalue weighted by Gasteiger charge is -2.06. The maximum atomic E-state index is 11.9. The number of ether oxygens (including phenoxy) is 2. The monoisotopic (exact) mass is 410 g/mol. The first-order valence-electron chi connectivity index (χ1n) is 8.79. The zero-order valence-corrected chi connectivity index (χ0v) is 16.9. The summed E-state index contributed by atoms with van der Waals surface area (Å²) >= 11 is 1.35. The van der Waals surface area contributed by atoms with Crippen LogP contribution in [0.3, 0.4) is 0 Å². The number of aromatic nitrogens is 2. The van der Waals surface area contributed by atoms with Gasteiger partial charge in [0.05, 0.1) is 14.2 Å². The molecule has 2 heterocycles. The number of rotatable bonds is 6. The van der Waals surface area contributed by atoms with Crippen LogP contribution < -0.4 is 15.1 Å². The molecule has 0 aliphatic rings. The third-order valence-electron chi connectivity index (χ3n) is 4.34. The van der Waals surface area contributed by atoms with Gasteiger partial charge in [0.2, 0.25) is 5.89 Å². The molecule has 0 saturated carbocycles. The molecule has 29 heavy (non-hydrogen) atoms. The van der Waals surface area contributed by atoms with E-state index >= 15 is 0 Å². The maximum absolute atomic E-state index is 11.9. The van der Waals surface area contributed by atoms with E-state index in [4.69, 9.17) is 18.3 Å². The Morgan fingerprint density at radius 2 is 1.72 bits per heavy atom. The van der Waals surface area contributed by atoms with Gasteiger partial charge < -0.3 is 18.3 Å². The minimum absolute atomic E-state index is 0.359. The van der Waals surface area contributed by atoms with Crippen LogP contribution >= 0.6 is 11.8 Å². The van der Waals surface area contributed by atoms with Crippen LogP contribution in [-0.4, -0.2) is 24.4 Å². The van der Waals surface area contributed by atoms with Crippen molar-refractivity contribution in [2.75, 3.05) is 14.2 Å². The summed E-state index contributed by atoms with van der Waals surface area (Å²) in [6.45, 7) is 1.95. The number of hydrogen-bond donors (Lipinski definition) is 0. The van der Waals surface area contributed by atoms with Gasteiger partial charge in [0.1, 0.15) is 17.1 Å². The first kappa shape index (κ1) is 19.1. The Morgan fingerprint density at radius 3 is 2.45 bits per heavy atom. The van der Waals surface area contributed by atoms with E-state index in [0.717, 1.165) is 16.5 Å². The van der Waals surface area contributed by atoms with Crippen LogP contribution in [0.4, 0.5) is 0 Å². The first-order chi connectivity index (χ1) is 14.1. The number of hydrogen-bond acceptors (Lipinski definition) is 8. The second kappa shape index (κ2) is 8.00. The Kier molecular flexibility index (Phi) is 5.26. The minimum Gasteiger partial charge on any atom is -0.497 e. The van der Waals surface area contributed by atoms with Gasteiger partial charge in [0, 0.05) is 28.8 Å². The van der Waals surface area contributed by atoms with Gasteiger partial charge >= 0.3 is 5.63 Å². The van der Waals surface area contributed by atoms with Crippen LogP contribution in [0.2, 0.25) is 0 Å². The summed E-state index contributed by atoms with van der Waals surface area (Å²) in [5.74, 6) is 2.11. The number of thioether (sulfide) groups is 1. The molecule has 0 fully saturated rings. The number of fused-ring (bicyclic) bond motifs is 1. The lowest BCUT2D eigenvalue weighted by molar-refractivity contribution is 0.394. The van der Waals surface area contributed by atoms with Crippen molar-refractivity contribution in [3.8, 4) is 23.0 Å². The predicted octanol–water partition coefficient (Wildman–Crippen LogP) is 4.46. The van der Waals surface area contributed by atoms with E-state index in [1.54, 1.807) is 32.4 Å². The fraction of sp³-hybridized carbons (Fsp3) is 0.190. The Hall–Kier alpha value is -3.26. The van der Waals surface area contributed by atoms with Crippen LogP contribution in [-0.2, 0) is 5.75 Å². The number of nitrogens with zero attached hydrogens (tertiary/aromatic N) is 2. The Labute approximate surface area is 170 Å². The van der Waals surface area contributed by atoms with Crippen LogP contribution in [0.5, 0.6) is 11.5 Å². The smallest absolute Gasteiger partial charge is 0.336 e. The standard InChI is InChI=1S/C21H18N2O5S/c1-12-4-5-17-14(9-19(24)27-18(17)6-12)11-29-21-23-22-20(28-21)13-7-15(25-2)10-16(8-13)26-3/h4-10H,11H2,1-3H3. The second-order valence-electron chi connectivity index (χ2n) is 6.35. The Bertz CT molecular complexity index is 1210. The predicted molar refractivity (Wildman–Crippen MR) is 110 cm³/mol. The molecule has 4 aromatic rings. The van der Waals surface area contributed by atoms with E-state index in [9.17, 15) is 4.79 Å². The van der Waals surface area contributed by atoms with Crippen molar-refractivity contribution in [2.45, 2.75) is 17.9 Å². The van der Waals surface area contributed by atoms with Crippen molar-refractivity contribution >= 4 is 22.7 Å². The van der Waals surface area contributed by atoms with E-state index in [-0.39, 0.29) is 5.63 Å². The fourth-order valence-electron chi connectivity index (χ4n) is 2.91. The average Bonchev–Trinajstić information content (AvgIpc) is 3.20. The highest BCUT2D eigenvalue weighted by Gasteiger charge is 2.13. The summed E-state index contributed by atoms with van der Waals surface area (Å²) < 4.78 is 21.6. The molecule has 0 radical (unpaired) electrons. The molecule has 148 valence electrons. The third kappa shape index (κ3) is 4.12. The Morgan fingerprint density at radius 1 is 0.966 bits per heavy atom. The van der Waals surface area contributed by atoms with Gasteiger partial charge in [-0.05, 0) is 36.2 Å². The molecule has 0 bridgehead atoms. The van der Waals surface area contributed by atoms with E-state index < -0.39 is 0 Å². The summed E-state index contributed by atoms with van der Waals surface area (Å²) in [4.78, 5) is 11.9. The molecule has 8 heteroatoms. The maximum Gasteiger partial charge on any atom is 0.336 e. The van der Waals surface area contributed by atoms with Gasteiger partial charge in [-0.25, -0.2) is 4.79 Å². The number of methoxy groups -OCH3 is 2. The van der Waals surface area contributed by atoms with Crippen LogP contribution in [0.15, 0.2) is 61.3 Å². The van der Waals surface area contributed by atoms with E-state index in [2.05, 4.69) is 10.2 Å². The van der Waals surface area contributed by atoms with E-state index in [0.29, 0.717) is 39.5 Å². The topological polar surface area (TPSA) is 87.6 Å². The number of benzene rings is 2. The molecule has 2 aromatic heterocycles. The Balaban J connectivity index is 1.58. The summed E-state index contributed by atoms with van der Waals surface area (Å²) in [7, 11) is 3.16. The quantitative estimate of drug-likeness (QED) is 0.340. The van der Waals surface area contributed by atoms with Crippen molar-refractivity contribution in [1.29, 1.82) is 0 Å². The molecular formula is C21H18N2O5S. The highest BCUT2D eigenvalue weighted by atomic mass is 32.2. The lowest BCUT2D eigenvalue weighted by atomic mass is 10.1. The van der Waals surface area contributed by atoms with Crippen molar-refractivity contribution in [2.24, 2.45) is 0 Å². The van der Waals surface area contributed by atoms with Crippen molar-refractivity contribution in [1.82, 2.24) is 10.2 Å². The second-order valence-corrected chi connectivity index (χ2v) is 7.28. The van der Waals surface area contributed by atoms with Gasteiger partial charge in [-0.1, -0.05) is 23.9 Å². The SMILES string of the molecule is COc1cc(OC)cc(-c2nnc(SCc3cc(=O)oc4cc(C)ccc34)o2)c1. The molecule has 0 amide bonds. The summed E-state index contributed by atoms with van der Waals surface area (Å²) in [6.07, 6.45) is 0. The van der Waals surface area contributed by atoms with Gasteiger partial charge in [-0.2, -0.15) is 0 Å². The van der Waals surface area contributed by atoms with Crippen LogP contribution in [0.1, 0.15) is 11.1 Å². The molecular weight excluding hydrogens is 392 g/mol. The van der Waals surface area contributed by atoms with Gasteiger partial charge in [-0.15, -0.1) is 10.2 Å². The van der Waals surface area contributed by atoms with Gasteiger partial charge in [-0.3, -0.25) is 0 Å². The summed E-state index contributed by atoms with van der Waals surface area (Å²) in [6, 6.07) is 12.6. The first-order valence-corrected chi connectivity index (χ1v) is 9.77. The summed E-state index contributed by atoms with van der Waals surface area (Å²) in [5, 5.41) is 9.50. The third-order valence-corrected chi connectivity index (χ3v) is 5.21. The van der Waals surface area contributed by atoms with Crippen molar-refractivity contribution in [3.05, 3.63) is 64.0 Å². The molecule has 2 aromatic carbocycles. The number of aryl methyl sites for hydroxylation is 1. The molecule has 0 N–H and O–H groups in total. The van der Waals surface area contributed by atoms with E-state index in [1.165, 1.54) is 17.8 Å². The minimum atomic E-state index is -0.381. The lowest BCUT2D eigenvalue weighted by Crippen LogP contribution is -2.00. The molecule has 0 aliphatic carbocycles. The van der Waals surface area contributed by atoms with E-state index in [1.807, 2.05) is 25.1 Å². The van der Waals surface area contributed by atoms with Crippen molar-refractivity contribution in [3.63, 3.8) is 0 Å². The normalized spacial score (nSPS) is 11.0. The average molecular weight is 410 g/mol. The molecule has 0 atom stereocenters. The molecule has 7 nitrogen and oxygen atoms in total. The molecule has 0 unspecified atom stereocenters. The zero-order valence-electron chi connectivity index (χ0n) is 16.1. The largest absolute Gasteiger partial charge is 0.497 e. The summed E-state index contributed by atoms with van der Waals surface area (Å²) in [5.41, 5.74) is 2.77. The van der Waals surface area contributed by atoms with Crippen molar-refractivity contribution < 1.29 is 18.3 Å². The molecule has 4 rings (SSSR count). The van der Waals surface area contributed by atoms with Crippen LogP contribution in [0.25, 0.3) is 22.4 Å². The fourth-order valence-corrected chi connectivity index (χ4v) is 3.67. The zero-order chi connectivity index (χ0) is 20.4.